The highest BCUT2D eigenvalue weighted by Crippen LogP contribution is 2.33. The van der Waals surface area contributed by atoms with Gasteiger partial charge in [-0.15, -0.1) is 11.3 Å². The molecule has 1 unspecified atom stereocenters. The van der Waals surface area contributed by atoms with Crippen LogP contribution in [0.2, 0.25) is 0 Å². The zero-order chi connectivity index (χ0) is 24.1. The SMILES string of the molecule is Cc1cc2nc(C(C)N3C[C@H](C)N(c4cc(=O)n(C)c5cn(CC#N)nc45)C[C@H]3C)ccc2s1. The van der Waals surface area contributed by atoms with Gasteiger partial charge in [-0.2, -0.15) is 10.4 Å². The van der Waals surface area contributed by atoms with E-state index in [9.17, 15) is 4.79 Å². The molecule has 1 fully saturated rings. The van der Waals surface area contributed by atoms with E-state index in [1.54, 1.807) is 39.9 Å². The van der Waals surface area contributed by atoms with Crippen LogP contribution in [0, 0.1) is 18.3 Å². The average molecular weight is 476 g/mol. The van der Waals surface area contributed by atoms with Gasteiger partial charge in [0.15, 0.2) is 0 Å². The van der Waals surface area contributed by atoms with Crippen molar-refractivity contribution in [2.24, 2.45) is 7.05 Å². The van der Waals surface area contributed by atoms with Gasteiger partial charge < -0.3 is 9.47 Å². The predicted molar refractivity (Wildman–Crippen MR) is 136 cm³/mol. The molecule has 1 saturated heterocycles. The third-order valence-corrected chi connectivity index (χ3v) is 7.96. The molecular weight excluding hydrogens is 446 g/mol. The summed E-state index contributed by atoms with van der Waals surface area (Å²) in [6.45, 7) is 10.6. The van der Waals surface area contributed by atoms with Crippen molar-refractivity contribution >= 4 is 38.3 Å². The number of piperazine rings is 1. The molecule has 0 spiro atoms. The molecule has 9 heteroatoms. The van der Waals surface area contributed by atoms with Crippen molar-refractivity contribution in [2.45, 2.75) is 52.4 Å². The molecular formula is C25H29N7OS. The van der Waals surface area contributed by atoms with E-state index in [1.807, 2.05) is 0 Å². The van der Waals surface area contributed by atoms with Crippen molar-refractivity contribution in [3.05, 3.63) is 51.4 Å². The van der Waals surface area contributed by atoms with Crippen LogP contribution in [0.1, 0.15) is 37.4 Å². The van der Waals surface area contributed by atoms with Crippen molar-refractivity contribution < 1.29 is 0 Å². The quantitative estimate of drug-likeness (QED) is 0.446. The average Bonchev–Trinajstić information content (AvgIpc) is 3.39. The standard InChI is InChI=1S/C25H29N7OS/c1-15-13-32(21-11-24(33)29(5)22-14-30(9-8-26)28-25(21)22)16(2)12-31(15)18(4)19-6-7-23-20(27-19)10-17(3)34-23/h6-7,10-11,14-16,18H,9,12-13H2,1-5H3/t15-,16+,18?/m1/s1. The molecule has 0 N–H and O–H groups in total. The normalized spacial score (nSPS) is 20.2. The fraction of sp³-hybridized carbons (Fsp3) is 0.440. The Hall–Kier alpha value is -3.22. The molecule has 1 aliphatic heterocycles. The largest absolute Gasteiger partial charge is 0.364 e. The van der Waals surface area contributed by atoms with E-state index in [2.05, 4.69) is 66.9 Å². The third-order valence-electron chi connectivity index (χ3n) is 6.96. The lowest BCUT2D eigenvalue weighted by atomic mass is 10.0. The highest BCUT2D eigenvalue weighted by Gasteiger charge is 2.34. The van der Waals surface area contributed by atoms with Crippen LogP contribution in [-0.4, -0.2) is 49.4 Å². The maximum atomic E-state index is 12.7. The number of hydrogen-bond acceptors (Lipinski definition) is 7. The van der Waals surface area contributed by atoms with Crippen LogP contribution in [0.5, 0.6) is 0 Å². The Morgan fingerprint density at radius 2 is 2.03 bits per heavy atom. The number of fused-ring (bicyclic) bond motifs is 2. The topological polar surface area (TPSA) is 83.0 Å². The van der Waals surface area contributed by atoms with Gasteiger partial charge in [0.25, 0.3) is 5.56 Å². The molecule has 4 aromatic heterocycles. The molecule has 8 nitrogen and oxygen atoms in total. The number of rotatable bonds is 4. The van der Waals surface area contributed by atoms with Crippen LogP contribution in [0.3, 0.4) is 0 Å². The van der Waals surface area contributed by atoms with Gasteiger partial charge >= 0.3 is 0 Å². The van der Waals surface area contributed by atoms with E-state index in [0.717, 1.165) is 41.0 Å². The molecule has 0 bridgehead atoms. The Morgan fingerprint density at radius 1 is 1.24 bits per heavy atom. The highest BCUT2D eigenvalue weighted by molar-refractivity contribution is 7.18. The molecule has 4 aromatic rings. The summed E-state index contributed by atoms with van der Waals surface area (Å²) in [7, 11) is 1.75. The Morgan fingerprint density at radius 3 is 2.79 bits per heavy atom. The van der Waals surface area contributed by atoms with Crippen molar-refractivity contribution in [3.63, 3.8) is 0 Å². The first kappa shape index (κ1) is 22.6. The molecule has 5 heterocycles. The maximum Gasteiger partial charge on any atom is 0.252 e. The predicted octanol–water partition coefficient (Wildman–Crippen LogP) is 3.84. The summed E-state index contributed by atoms with van der Waals surface area (Å²) in [5.74, 6) is 0. The van der Waals surface area contributed by atoms with E-state index in [1.165, 1.54) is 9.58 Å². The Kier molecular flexibility index (Phi) is 5.66. The smallest absolute Gasteiger partial charge is 0.252 e. The second kappa shape index (κ2) is 8.53. The summed E-state index contributed by atoms with van der Waals surface area (Å²) in [6.07, 6.45) is 1.78. The Balaban J connectivity index is 1.45. The Labute approximate surface area is 202 Å². The first-order valence-electron chi connectivity index (χ1n) is 11.6. The van der Waals surface area contributed by atoms with E-state index in [0.29, 0.717) is 0 Å². The summed E-state index contributed by atoms with van der Waals surface area (Å²) in [5.41, 5.74) is 4.44. The van der Waals surface area contributed by atoms with Crippen LogP contribution in [0.25, 0.3) is 21.3 Å². The van der Waals surface area contributed by atoms with Gasteiger partial charge in [-0.1, -0.05) is 0 Å². The molecule has 0 aromatic carbocycles. The molecule has 0 amide bonds. The number of hydrogen-bond donors (Lipinski definition) is 0. The van der Waals surface area contributed by atoms with Crippen molar-refractivity contribution in [1.29, 1.82) is 5.26 Å². The first-order chi connectivity index (χ1) is 16.3. The van der Waals surface area contributed by atoms with Gasteiger partial charge in [0.1, 0.15) is 12.1 Å². The molecule has 0 aliphatic carbocycles. The molecule has 34 heavy (non-hydrogen) atoms. The molecule has 0 saturated carbocycles. The molecule has 176 valence electrons. The van der Waals surface area contributed by atoms with E-state index in [4.69, 9.17) is 10.2 Å². The van der Waals surface area contributed by atoms with Crippen LogP contribution >= 0.6 is 11.3 Å². The lowest BCUT2D eigenvalue weighted by Gasteiger charge is -2.47. The monoisotopic (exact) mass is 475 g/mol. The minimum Gasteiger partial charge on any atom is -0.364 e. The Bertz CT molecular complexity index is 1480. The number of thiophene rings is 1. The van der Waals surface area contributed by atoms with E-state index >= 15 is 0 Å². The fourth-order valence-corrected chi connectivity index (χ4v) is 5.97. The van der Waals surface area contributed by atoms with Gasteiger partial charge in [0, 0.05) is 49.2 Å². The van der Waals surface area contributed by atoms with Gasteiger partial charge in [0.2, 0.25) is 0 Å². The summed E-state index contributed by atoms with van der Waals surface area (Å²) >= 11 is 1.78. The van der Waals surface area contributed by atoms with Crippen molar-refractivity contribution in [1.82, 2.24) is 24.2 Å². The number of aromatic nitrogens is 4. The lowest BCUT2D eigenvalue weighted by molar-refractivity contribution is 0.117. The fourth-order valence-electron chi connectivity index (χ4n) is 5.11. The number of anilines is 1. The number of nitrogens with zero attached hydrogens (tertiary/aromatic N) is 7. The molecule has 1 aliphatic rings. The summed E-state index contributed by atoms with van der Waals surface area (Å²) in [4.78, 5) is 23.8. The second-order valence-electron chi connectivity index (χ2n) is 9.35. The minimum atomic E-state index is -0.0711. The molecule has 0 radical (unpaired) electrons. The van der Waals surface area contributed by atoms with Gasteiger partial charge in [-0.25, -0.2) is 0 Å². The summed E-state index contributed by atoms with van der Waals surface area (Å²) in [6, 6.07) is 10.9. The zero-order valence-electron chi connectivity index (χ0n) is 20.2. The zero-order valence-corrected chi connectivity index (χ0v) is 21.0. The van der Waals surface area contributed by atoms with Gasteiger partial charge in [-0.05, 0) is 45.9 Å². The number of aryl methyl sites for hydroxylation is 2. The van der Waals surface area contributed by atoms with Crippen LogP contribution in [-0.2, 0) is 13.6 Å². The van der Waals surface area contributed by atoms with Crippen LogP contribution < -0.4 is 10.5 Å². The van der Waals surface area contributed by atoms with Gasteiger partial charge in [0.05, 0.1) is 39.4 Å². The minimum absolute atomic E-state index is 0.0711. The maximum absolute atomic E-state index is 12.7. The number of nitriles is 1. The van der Waals surface area contributed by atoms with E-state index in [-0.39, 0.29) is 30.2 Å². The van der Waals surface area contributed by atoms with Crippen molar-refractivity contribution in [3.8, 4) is 6.07 Å². The first-order valence-corrected chi connectivity index (χ1v) is 12.4. The number of pyridine rings is 2. The van der Waals surface area contributed by atoms with Crippen LogP contribution in [0.15, 0.2) is 35.3 Å². The van der Waals surface area contributed by atoms with Crippen molar-refractivity contribution in [2.75, 3.05) is 18.0 Å². The summed E-state index contributed by atoms with van der Waals surface area (Å²) in [5, 5.41) is 13.7. The van der Waals surface area contributed by atoms with E-state index < -0.39 is 0 Å². The lowest BCUT2D eigenvalue weighted by Crippen LogP contribution is -2.57. The second-order valence-corrected chi connectivity index (χ2v) is 10.6. The van der Waals surface area contributed by atoms with Gasteiger partial charge in [-0.3, -0.25) is 19.4 Å². The summed E-state index contributed by atoms with van der Waals surface area (Å²) < 4.78 is 4.43. The highest BCUT2D eigenvalue weighted by atomic mass is 32.1. The van der Waals surface area contributed by atoms with Crippen LogP contribution in [0.4, 0.5) is 5.69 Å². The molecule has 3 atom stereocenters. The third kappa shape index (κ3) is 3.77. The molecule has 5 rings (SSSR count).